The highest BCUT2D eigenvalue weighted by atomic mass is 16.5. The first-order valence-corrected chi connectivity index (χ1v) is 5.77. The summed E-state index contributed by atoms with van der Waals surface area (Å²) in [6.45, 7) is 1.17. The zero-order chi connectivity index (χ0) is 13.7. The molecule has 0 spiro atoms. The number of aliphatic carboxylic acids is 1. The van der Waals surface area contributed by atoms with Gasteiger partial charge in [0.2, 0.25) is 11.8 Å². The Morgan fingerprint density at radius 2 is 1.94 bits per heavy atom. The van der Waals surface area contributed by atoms with Gasteiger partial charge in [0, 0.05) is 19.3 Å². The molecule has 7 nitrogen and oxygen atoms in total. The lowest BCUT2D eigenvalue weighted by Crippen LogP contribution is -2.43. The molecule has 2 atom stereocenters. The monoisotopic (exact) mass is 259 g/mol. The fraction of sp³-hybridized carbons (Fsp3) is 0.727. The first-order chi connectivity index (χ1) is 8.47. The van der Waals surface area contributed by atoms with Gasteiger partial charge in [0.05, 0.1) is 19.1 Å². The van der Waals surface area contributed by atoms with Gasteiger partial charge in [-0.25, -0.2) is 0 Å². The minimum absolute atomic E-state index is 0.0206. The third kappa shape index (κ3) is 3.51. The van der Waals surface area contributed by atoms with E-state index in [1.165, 1.54) is 6.92 Å². The quantitative estimate of drug-likeness (QED) is 0.602. The van der Waals surface area contributed by atoms with Gasteiger partial charge < -0.3 is 14.9 Å². The number of nitrogens with zero attached hydrogens (tertiary/aromatic N) is 1. The van der Waals surface area contributed by atoms with Crippen LogP contribution in [0.25, 0.3) is 0 Å². The van der Waals surface area contributed by atoms with E-state index in [0.717, 1.165) is 4.90 Å². The molecule has 102 valence electrons. The standard InChI is InChI=1S/C11H17NO6/c1-7(11(16)17)6-10(18-5-4-13)12-8(14)2-3-9(12)15/h7,10,13H,2-6H2,1H3,(H,16,17). The van der Waals surface area contributed by atoms with Crippen molar-refractivity contribution in [2.45, 2.75) is 32.4 Å². The molecule has 2 unspecified atom stereocenters. The van der Waals surface area contributed by atoms with Crippen molar-refractivity contribution in [1.29, 1.82) is 0 Å². The van der Waals surface area contributed by atoms with Crippen molar-refractivity contribution in [3.05, 3.63) is 0 Å². The molecule has 1 rings (SSSR count). The molecule has 1 heterocycles. The van der Waals surface area contributed by atoms with Gasteiger partial charge in [-0.1, -0.05) is 6.92 Å². The van der Waals surface area contributed by atoms with E-state index in [9.17, 15) is 14.4 Å². The number of hydrogen-bond acceptors (Lipinski definition) is 5. The maximum Gasteiger partial charge on any atom is 0.306 e. The number of carbonyl (C=O) groups excluding carboxylic acids is 2. The maximum absolute atomic E-state index is 11.6. The number of aliphatic hydroxyl groups excluding tert-OH is 1. The summed E-state index contributed by atoms with van der Waals surface area (Å²) in [5.74, 6) is -2.48. The highest BCUT2D eigenvalue weighted by molar-refractivity contribution is 6.02. The molecular formula is C11H17NO6. The zero-order valence-electron chi connectivity index (χ0n) is 10.2. The van der Waals surface area contributed by atoms with Gasteiger partial charge in [-0.3, -0.25) is 19.3 Å². The van der Waals surface area contributed by atoms with Gasteiger partial charge >= 0.3 is 5.97 Å². The Bertz CT molecular complexity index is 326. The van der Waals surface area contributed by atoms with E-state index >= 15 is 0 Å². The number of hydrogen-bond donors (Lipinski definition) is 2. The van der Waals surface area contributed by atoms with E-state index < -0.39 is 18.1 Å². The zero-order valence-corrected chi connectivity index (χ0v) is 10.2. The number of aliphatic hydroxyl groups is 1. The smallest absolute Gasteiger partial charge is 0.306 e. The average Bonchev–Trinajstić information content (AvgIpc) is 2.64. The third-order valence-electron chi connectivity index (χ3n) is 2.76. The van der Waals surface area contributed by atoms with Crippen LogP contribution in [0.3, 0.4) is 0 Å². The molecule has 0 aromatic carbocycles. The van der Waals surface area contributed by atoms with Crippen LogP contribution >= 0.6 is 0 Å². The molecule has 2 N–H and O–H groups in total. The molecule has 7 heteroatoms. The van der Waals surface area contributed by atoms with Gasteiger partial charge in [-0.2, -0.15) is 0 Å². The van der Waals surface area contributed by atoms with Crippen molar-refractivity contribution in [1.82, 2.24) is 4.90 Å². The summed E-state index contributed by atoms with van der Waals surface area (Å²) in [5, 5.41) is 17.5. The Morgan fingerprint density at radius 1 is 1.39 bits per heavy atom. The summed E-state index contributed by atoms with van der Waals surface area (Å²) >= 11 is 0. The van der Waals surface area contributed by atoms with E-state index in [1.807, 2.05) is 0 Å². The minimum atomic E-state index is -1.02. The second-order valence-electron chi connectivity index (χ2n) is 4.18. The lowest BCUT2D eigenvalue weighted by Gasteiger charge is -2.27. The molecule has 0 aromatic heterocycles. The van der Waals surface area contributed by atoms with Crippen LogP contribution in [0.1, 0.15) is 26.2 Å². The van der Waals surface area contributed by atoms with Crippen molar-refractivity contribution in [3.8, 4) is 0 Å². The number of amides is 2. The van der Waals surface area contributed by atoms with E-state index in [2.05, 4.69) is 0 Å². The first-order valence-electron chi connectivity index (χ1n) is 5.77. The van der Waals surface area contributed by atoms with Crippen LogP contribution in [0, 0.1) is 5.92 Å². The van der Waals surface area contributed by atoms with Crippen LogP contribution in [0.2, 0.25) is 0 Å². The summed E-state index contributed by atoms with van der Waals surface area (Å²) in [6.07, 6.45) is -0.642. The summed E-state index contributed by atoms with van der Waals surface area (Å²) in [7, 11) is 0. The molecule has 18 heavy (non-hydrogen) atoms. The number of likely N-dealkylation sites (tertiary alicyclic amines) is 1. The van der Waals surface area contributed by atoms with E-state index in [4.69, 9.17) is 14.9 Å². The molecule has 2 amide bonds. The van der Waals surface area contributed by atoms with E-state index in [0.29, 0.717) is 0 Å². The fourth-order valence-corrected chi connectivity index (χ4v) is 1.76. The molecule has 0 bridgehead atoms. The third-order valence-corrected chi connectivity index (χ3v) is 2.76. The largest absolute Gasteiger partial charge is 0.481 e. The SMILES string of the molecule is CC(CC(OCCO)N1C(=O)CCC1=O)C(=O)O. The molecule has 0 aliphatic carbocycles. The number of carbonyl (C=O) groups is 3. The van der Waals surface area contributed by atoms with Crippen LogP contribution in [0.4, 0.5) is 0 Å². The highest BCUT2D eigenvalue weighted by Crippen LogP contribution is 2.21. The molecule has 1 aliphatic heterocycles. The molecule has 1 fully saturated rings. The normalized spacial score (nSPS) is 19.1. The fourth-order valence-electron chi connectivity index (χ4n) is 1.76. The summed E-state index contributed by atoms with van der Waals surface area (Å²) in [5.41, 5.74) is 0. The second kappa shape index (κ2) is 6.46. The number of ether oxygens (including phenoxy) is 1. The van der Waals surface area contributed by atoms with Gasteiger partial charge in [-0.05, 0) is 0 Å². The summed E-state index contributed by atoms with van der Waals surface area (Å²) in [4.78, 5) is 34.9. The van der Waals surface area contributed by atoms with Gasteiger partial charge in [-0.15, -0.1) is 0 Å². The van der Waals surface area contributed by atoms with Crippen molar-refractivity contribution < 1.29 is 29.3 Å². The lowest BCUT2D eigenvalue weighted by molar-refractivity contribution is -0.160. The van der Waals surface area contributed by atoms with Gasteiger partial charge in [0.1, 0.15) is 6.23 Å². The highest BCUT2D eigenvalue weighted by Gasteiger charge is 2.37. The number of carboxylic acid groups (broad SMARTS) is 1. The van der Waals surface area contributed by atoms with Crippen molar-refractivity contribution in [3.63, 3.8) is 0 Å². The predicted octanol–water partition coefficient (Wildman–Crippen LogP) is -0.419. The molecule has 0 saturated carbocycles. The second-order valence-corrected chi connectivity index (χ2v) is 4.18. The van der Waals surface area contributed by atoms with Gasteiger partial charge in [0.15, 0.2) is 0 Å². The first kappa shape index (κ1) is 14.6. The van der Waals surface area contributed by atoms with Crippen molar-refractivity contribution >= 4 is 17.8 Å². The minimum Gasteiger partial charge on any atom is -0.481 e. The Kier molecular flexibility index (Phi) is 5.24. The van der Waals surface area contributed by atoms with Crippen molar-refractivity contribution in [2.75, 3.05) is 13.2 Å². The molecule has 1 saturated heterocycles. The number of imide groups is 1. The van der Waals surface area contributed by atoms with Crippen LogP contribution in [-0.4, -0.2) is 52.3 Å². The van der Waals surface area contributed by atoms with E-state index in [1.54, 1.807) is 0 Å². The summed E-state index contributed by atoms with van der Waals surface area (Å²) < 4.78 is 5.21. The van der Waals surface area contributed by atoms with Crippen LogP contribution in [0.5, 0.6) is 0 Å². The van der Waals surface area contributed by atoms with E-state index in [-0.39, 0.29) is 44.3 Å². The maximum atomic E-state index is 11.6. The predicted molar refractivity (Wildman–Crippen MR) is 59.3 cm³/mol. The molecular weight excluding hydrogens is 242 g/mol. The van der Waals surface area contributed by atoms with Crippen LogP contribution < -0.4 is 0 Å². The Labute approximate surface area is 104 Å². The lowest BCUT2D eigenvalue weighted by atomic mass is 10.1. The van der Waals surface area contributed by atoms with Crippen LogP contribution in [0.15, 0.2) is 0 Å². The molecule has 1 aliphatic rings. The average molecular weight is 259 g/mol. The molecule has 0 radical (unpaired) electrons. The Morgan fingerprint density at radius 3 is 2.39 bits per heavy atom. The van der Waals surface area contributed by atoms with Crippen LogP contribution in [-0.2, 0) is 19.1 Å². The van der Waals surface area contributed by atoms with Gasteiger partial charge in [0.25, 0.3) is 0 Å². The molecule has 0 aromatic rings. The van der Waals surface area contributed by atoms with Crippen molar-refractivity contribution in [2.24, 2.45) is 5.92 Å². The Balaban J connectivity index is 2.73. The number of rotatable bonds is 7. The topological polar surface area (TPSA) is 104 Å². The number of carboxylic acids is 1. The summed E-state index contributed by atoms with van der Waals surface area (Å²) in [6, 6.07) is 0. The Hall–Kier alpha value is -1.47.